The summed E-state index contributed by atoms with van der Waals surface area (Å²) in [6.07, 6.45) is 3.78. The second-order valence-corrected chi connectivity index (χ2v) is 3.00. The van der Waals surface area contributed by atoms with E-state index in [1.165, 1.54) is 0 Å². The molecule has 12 heavy (non-hydrogen) atoms. The number of aliphatic hydroxyl groups is 1. The highest BCUT2D eigenvalue weighted by atomic mass is 16.3. The second kappa shape index (κ2) is 6.91. The first-order valence-electron chi connectivity index (χ1n) is 4.36. The number of hydrogen-bond acceptors (Lipinski definition) is 2. The molecule has 0 aromatic heterocycles. The number of unbranched alkanes of at least 4 members (excludes halogenated alkanes) is 2. The number of aliphatic imine (C=N–C) groups is 1. The zero-order valence-corrected chi connectivity index (χ0v) is 7.66. The molecule has 1 atom stereocenters. The zero-order chi connectivity index (χ0) is 9.40. The molecule has 0 heterocycles. The van der Waals surface area contributed by atoms with E-state index in [4.69, 9.17) is 16.6 Å². The van der Waals surface area contributed by atoms with Crippen molar-refractivity contribution < 1.29 is 5.11 Å². The van der Waals surface area contributed by atoms with Crippen molar-refractivity contribution in [2.24, 2.45) is 16.5 Å². The lowest BCUT2D eigenvalue weighted by atomic mass is 10.1. The van der Waals surface area contributed by atoms with Gasteiger partial charge < -0.3 is 16.6 Å². The first-order chi connectivity index (χ1) is 5.63. The number of aliphatic hydroxyl groups excluding tert-OH is 1. The fourth-order valence-corrected chi connectivity index (χ4v) is 0.936. The average Bonchev–Trinajstić information content (AvgIpc) is 1.95. The normalized spacial score (nSPS) is 12.5. The van der Waals surface area contributed by atoms with Crippen LogP contribution in [0.4, 0.5) is 0 Å². The van der Waals surface area contributed by atoms with Crippen LogP contribution in [0.5, 0.6) is 0 Å². The summed E-state index contributed by atoms with van der Waals surface area (Å²) in [7, 11) is 0. The van der Waals surface area contributed by atoms with E-state index in [-0.39, 0.29) is 12.1 Å². The molecule has 0 aliphatic carbocycles. The molecule has 0 rings (SSSR count). The van der Waals surface area contributed by atoms with E-state index in [1.807, 2.05) is 0 Å². The van der Waals surface area contributed by atoms with Crippen molar-refractivity contribution in [1.82, 2.24) is 0 Å². The molecule has 0 radical (unpaired) electrons. The van der Waals surface area contributed by atoms with Crippen LogP contribution in [0.1, 0.15) is 32.6 Å². The maximum absolute atomic E-state index is 8.93. The molecule has 4 heteroatoms. The minimum atomic E-state index is -0.187. The summed E-state index contributed by atoms with van der Waals surface area (Å²) < 4.78 is 0. The van der Waals surface area contributed by atoms with E-state index in [1.54, 1.807) is 6.92 Å². The van der Waals surface area contributed by atoms with Crippen LogP contribution in [0.3, 0.4) is 0 Å². The first-order valence-corrected chi connectivity index (χ1v) is 4.36. The van der Waals surface area contributed by atoms with Gasteiger partial charge in [0.25, 0.3) is 0 Å². The molecule has 0 spiro atoms. The van der Waals surface area contributed by atoms with Gasteiger partial charge in [0, 0.05) is 6.54 Å². The first kappa shape index (κ1) is 11.2. The van der Waals surface area contributed by atoms with Crippen LogP contribution in [0.15, 0.2) is 4.99 Å². The highest BCUT2D eigenvalue weighted by Crippen LogP contribution is 2.02. The molecule has 5 N–H and O–H groups in total. The molecule has 0 saturated heterocycles. The van der Waals surface area contributed by atoms with Gasteiger partial charge in [0.05, 0.1) is 6.10 Å². The Labute approximate surface area is 73.7 Å². The summed E-state index contributed by atoms with van der Waals surface area (Å²) in [6.45, 7) is 2.50. The van der Waals surface area contributed by atoms with E-state index >= 15 is 0 Å². The van der Waals surface area contributed by atoms with Crippen LogP contribution in [0, 0.1) is 0 Å². The third-order valence-corrected chi connectivity index (χ3v) is 1.57. The molecular formula is C8H19N3O. The SMILES string of the molecule is CC(O)CCCCCN=C(N)N. The lowest BCUT2D eigenvalue weighted by molar-refractivity contribution is 0.180. The Balaban J connectivity index is 3.06. The lowest BCUT2D eigenvalue weighted by Crippen LogP contribution is -2.22. The monoisotopic (exact) mass is 173 g/mol. The highest BCUT2D eigenvalue weighted by molar-refractivity contribution is 5.75. The Morgan fingerprint density at radius 3 is 2.50 bits per heavy atom. The Morgan fingerprint density at radius 1 is 1.33 bits per heavy atom. The second-order valence-electron chi connectivity index (χ2n) is 3.00. The molecule has 4 nitrogen and oxygen atoms in total. The van der Waals surface area contributed by atoms with Gasteiger partial charge in [-0.05, 0) is 19.8 Å². The van der Waals surface area contributed by atoms with E-state index in [2.05, 4.69) is 4.99 Å². The Bertz CT molecular complexity index is 130. The van der Waals surface area contributed by atoms with Crippen LogP contribution in [0.2, 0.25) is 0 Å². The van der Waals surface area contributed by atoms with Crippen molar-refractivity contribution in [3.63, 3.8) is 0 Å². The fourth-order valence-electron chi connectivity index (χ4n) is 0.936. The predicted octanol–water partition coefficient (Wildman–Crippen LogP) is 0.201. The average molecular weight is 173 g/mol. The van der Waals surface area contributed by atoms with Gasteiger partial charge in [-0.1, -0.05) is 12.8 Å². The molecule has 0 aromatic carbocycles. The fraction of sp³-hybridized carbons (Fsp3) is 0.875. The van der Waals surface area contributed by atoms with Crippen molar-refractivity contribution in [1.29, 1.82) is 0 Å². The molecule has 0 fully saturated rings. The predicted molar refractivity (Wildman–Crippen MR) is 50.8 cm³/mol. The molecule has 0 amide bonds. The molecular weight excluding hydrogens is 154 g/mol. The smallest absolute Gasteiger partial charge is 0.185 e. The van der Waals surface area contributed by atoms with Crippen LogP contribution in [-0.2, 0) is 0 Å². The summed E-state index contributed by atoms with van der Waals surface area (Å²) in [5, 5.41) is 8.93. The van der Waals surface area contributed by atoms with Crippen molar-refractivity contribution in [2.45, 2.75) is 38.7 Å². The van der Waals surface area contributed by atoms with E-state index in [0.717, 1.165) is 25.7 Å². The van der Waals surface area contributed by atoms with Crippen molar-refractivity contribution in [3.05, 3.63) is 0 Å². The van der Waals surface area contributed by atoms with Crippen molar-refractivity contribution in [3.8, 4) is 0 Å². The van der Waals surface area contributed by atoms with Gasteiger partial charge in [-0.15, -0.1) is 0 Å². The lowest BCUT2D eigenvalue weighted by Gasteiger charge is -2.01. The number of nitrogens with zero attached hydrogens (tertiary/aromatic N) is 1. The molecule has 0 aliphatic heterocycles. The van der Waals surface area contributed by atoms with Gasteiger partial charge in [0.1, 0.15) is 0 Å². The van der Waals surface area contributed by atoms with Crippen LogP contribution < -0.4 is 11.5 Å². The van der Waals surface area contributed by atoms with Gasteiger partial charge in [0.2, 0.25) is 0 Å². The van der Waals surface area contributed by atoms with Crippen LogP contribution in [-0.4, -0.2) is 23.7 Å². The van der Waals surface area contributed by atoms with Gasteiger partial charge in [-0.3, -0.25) is 4.99 Å². The van der Waals surface area contributed by atoms with E-state index in [9.17, 15) is 0 Å². The molecule has 0 aromatic rings. The Kier molecular flexibility index (Phi) is 6.47. The number of guanidine groups is 1. The van der Waals surface area contributed by atoms with Crippen LogP contribution >= 0.6 is 0 Å². The molecule has 0 bridgehead atoms. The summed E-state index contributed by atoms with van der Waals surface area (Å²) in [4.78, 5) is 3.85. The Morgan fingerprint density at radius 2 is 2.00 bits per heavy atom. The van der Waals surface area contributed by atoms with E-state index in [0.29, 0.717) is 6.54 Å². The van der Waals surface area contributed by atoms with Crippen LogP contribution in [0.25, 0.3) is 0 Å². The molecule has 0 aliphatic rings. The minimum Gasteiger partial charge on any atom is -0.393 e. The summed E-state index contributed by atoms with van der Waals surface area (Å²) in [6, 6.07) is 0. The van der Waals surface area contributed by atoms with E-state index < -0.39 is 0 Å². The summed E-state index contributed by atoms with van der Waals surface area (Å²) >= 11 is 0. The largest absolute Gasteiger partial charge is 0.393 e. The molecule has 1 unspecified atom stereocenters. The van der Waals surface area contributed by atoms with Gasteiger partial charge in [-0.2, -0.15) is 0 Å². The maximum atomic E-state index is 8.93. The third kappa shape index (κ3) is 9.23. The topological polar surface area (TPSA) is 84.6 Å². The number of rotatable bonds is 6. The standard InChI is InChI=1S/C8H19N3O/c1-7(12)5-3-2-4-6-11-8(9)10/h7,12H,2-6H2,1H3,(H4,9,10,11). The van der Waals surface area contributed by atoms with Gasteiger partial charge in [0.15, 0.2) is 5.96 Å². The summed E-state index contributed by atoms with van der Waals surface area (Å²) in [5.74, 6) is 0.158. The number of nitrogens with two attached hydrogens (primary N) is 2. The zero-order valence-electron chi connectivity index (χ0n) is 7.66. The third-order valence-electron chi connectivity index (χ3n) is 1.57. The minimum absolute atomic E-state index is 0.158. The number of hydrogen-bond donors (Lipinski definition) is 3. The maximum Gasteiger partial charge on any atom is 0.185 e. The quantitative estimate of drug-likeness (QED) is 0.305. The summed E-state index contributed by atoms with van der Waals surface area (Å²) in [5.41, 5.74) is 10.3. The molecule has 72 valence electrons. The van der Waals surface area contributed by atoms with Crippen molar-refractivity contribution in [2.75, 3.05) is 6.54 Å². The van der Waals surface area contributed by atoms with Crippen molar-refractivity contribution >= 4 is 5.96 Å². The molecule has 0 saturated carbocycles. The van der Waals surface area contributed by atoms with Gasteiger partial charge in [-0.25, -0.2) is 0 Å². The Hall–Kier alpha value is -0.770. The highest BCUT2D eigenvalue weighted by Gasteiger charge is 1.94. The van der Waals surface area contributed by atoms with Gasteiger partial charge >= 0.3 is 0 Å².